The van der Waals surface area contributed by atoms with Gasteiger partial charge < -0.3 is 20.3 Å². The molecule has 1 aromatic heterocycles. The van der Waals surface area contributed by atoms with Gasteiger partial charge in [-0.1, -0.05) is 6.07 Å². The van der Waals surface area contributed by atoms with Gasteiger partial charge in [-0.05, 0) is 37.6 Å². The highest BCUT2D eigenvalue weighted by atomic mass is 35.5. The zero-order valence-corrected chi connectivity index (χ0v) is 16.5. The Morgan fingerprint density at radius 2 is 1.66 bits per heavy atom. The van der Waals surface area contributed by atoms with Crippen molar-refractivity contribution in [2.75, 3.05) is 19.0 Å². The zero-order valence-electron chi connectivity index (χ0n) is 15.7. The van der Waals surface area contributed by atoms with Crippen molar-refractivity contribution in [3.63, 3.8) is 0 Å². The summed E-state index contributed by atoms with van der Waals surface area (Å²) in [6.07, 6.45) is -2.92. The molecular formula is C18H20ClF3N2O5. The number of ether oxygens (including phenoxy) is 1. The summed E-state index contributed by atoms with van der Waals surface area (Å²) in [5.74, 6) is -2.22. The molecule has 7 nitrogen and oxygen atoms in total. The summed E-state index contributed by atoms with van der Waals surface area (Å²) in [6, 6.07) is 5.84. The van der Waals surface area contributed by atoms with Gasteiger partial charge in [0, 0.05) is 12.6 Å². The Kier molecular flexibility index (Phi) is 9.95. The van der Waals surface area contributed by atoms with Crippen molar-refractivity contribution in [3.8, 4) is 5.88 Å². The molecule has 0 amide bonds. The van der Waals surface area contributed by atoms with Crippen LogP contribution in [0, 0.1) is 13.8 Å². The van der Waals surface area contributed by atoms with Gasteiger partial charge in [0.25, 0.3) is 0 Å². The number of benzene rings is 1. The van der Waals surface area contributed by atoms with Gasteiger partial charge in [0.05, 0.1) is 23.0 Å². The fourth-order valence-electron chi connectivity index (χ4n) is 2.10. The Bertz CT molecular complexity index is 828. The Morgan fingerprint density at radius 1 is 1.14 bits per heavy atom. The third-order valence-electron chi connectivity index (χ3n) is 3.49. The Labute approximate surface area is 170 Å². The Hall–Kier alpha value is -3.01. The van der Waals surface area contributed by atoms with Crippen LogP contribution in [0.2, 0.25) is 0 Å². The minimum absolute atomic E-state index is 0. The number of hydrogen-bond donors (Lipinski definition) is 3. The fourth-order valence-corrected chi connectivity index (χ4v) is 2.10. The van der Waals surface area contributed by atoms with Crippen LogP contribution in [0.4, 0.5) is 18.9 Å². The third-order valence-corrected chi connectivity index (χ3v) is 3.49. The monoisotopic (exact) mass is 436 g/mol. The van der Waals surface area contributed by atoms with Gasteiger partial charge in [-0.3, -0.25) is 0 Å². The molecule has 0 aliphatic rings. The van der Waals surface area contributed by atoms with E-state index in [0.29, 0.717) is 5.56 Å². The van der Waals surface area contributed by atoms with Gasteiger partial charge in [0.2, 0.25) is 5.88 Å². The van der Waals surface area contributed by atoms with E-state index in [1.807, 2.05) is 0 Å². The molecule has 1 aromatic carbocycles. The first kappa shape index (κ1) is 26.0. The Morgan fingerprint density at radius 3 is 2.03 bits per heavy atom. The second-order valence-electron chi connectivity index (χ2n) is 5.59. The number of alkyl halides is 3. The van der Waals surface area contributed by atoms with Gasteiger partial charge in [-0.15, -0.1) is 12.4 Å². The number of hydrogen-bond acceptors (Lipinski definition) is 5. The lowest BCUT2D eigenvalue weighted by atomic mass is 10.0. The van der Waals surface area contributed by atoms with Crippen molar-refractivity contribution in [1.29, 1.82) is 0 Å². The number of rotatable bonds is 5. The molecule has 0 radical (unpaired) electrons. The molecule has 29 heavy (non-hydrogen) atoms. The largest absolute Gasteiger partial charge is 0.478 e. The summed E-state index contributed by atoms with van der Waals surface area (Å²) in [6.45, 7) is 1.80. The molecule has 0 saturated heterocycles. The molecule has 0 fully saturated rings. The number of carboxylic acid groups (broad SMARTS) is 2. The third kappa shape index (κ3) is 8.26. The molecule has 0 aliphatic heterocycles. The van der Waals surface area contributed by atoms with Crippen LogP contribution >= 0.6 is 12.4 Å². The summed E-state index contributed by atoms with van der Waals surface area (Å²) in [5.41, 5.74) is 1.63. The van der Waals surface area contributed by atoms with Crippen LogP contribution < -0.4 is 10.1 Å². The lowest BCUT2D eigenvalue weighted by Crippen LogP contribution is -2.20. The van der Waals surface area contributed by atoms with Gasteiger partial charge in [-0.2, -0.15) is 13.2 Å². The molecule has 0 aliphatic carbocycles. The molecule has 0 bridgehead atoms. The van der Waals surface area contributed by atoms with Crippen molar-refractivity contribution < 1.29 is 37.7 Å². The van der Waals surface area contributed by atoms with Crippen molar-refractivity contribution in [2.45, 2.75) is 20.0 Å². The predicted octanol–water partition coefficient (Wildman–Crippen LogP) is 4.19. The summed E-state index contributed by atoms with van der Waals surface area (Å²) >= 11 is 0. The van der Waals surface area contributed by atoms with Crippen LogP contribution in [0.25, 0.3) is 0 Å². The smallest absolute Gasteiger partial charge is 0.422 e. The van der Waals surface area contributed by atoms with Crippen molar-refractivity contribution in [2.24, 2.45) is 0 Å². The number of aromatic nitrogens is 1. The SMILES string of the molecule is CNc1cnc(OCC(F)(F)F)c(C)c1.Cc1c(C(=O)O)cccc1C(=O)O.Cl. The normalized spacial score (nSPS) is 10.1. The number of carbonyl (C=O) groups is 2. The minimum atomic E-state index is -4.34. The molecular weight excluding hydrogens is 417 g/mol. The van der Waals surface area contributed by atoms with Gasteiger partial charge in [0.15, 0.2) is 6.61 Å². The number of pyridine rings is 1. The zero-order chi connectivity index (χ0) is 21.5. The highest BCUT2D eigenvalue weighted by Gasteiger charge is 2.28. The fraction of sp³-hybridized carbons (Fsp3) is 0.278. The average Bonchev–Trinajstić information content (AvgIpc) is 2.60. The molecule has 11 heteroatoms. The maximum Gasteiger partial charge on any atom is 0.422 e. The molecule has 2 rings (SSSR count). The van der Waals surface area contributed by atoms with Crippen LogP contribution in [0.3, 0.4) is 0 Å². The van der Waals surface area contributed by atoms with E-state index in [-0.39, 0.29) is 35.0 Å². The summed E-state index contributed by atoms with van der Waals surface area (Å²) in [5, 5.41) is 20.2. The first-order valence-electron chi connectivity index (χ1n) is 7.86. The number of halogens is 4. The number of nitrogens with one attached hydrogen (secondary N) is 1. The second kappa shape index (κ2) is 11.1. The van der Waals surface area contributed by atoms with E-state index in [1.165, 1.54) is 31.3 Å². The van der Waals surface area contributed by atoms with Gasteiger partial charge >= 0.3 is 18.1 Å². The van der Waals surface area contributed by atoms with Crippen LogP contribution in [-0.4, -0.2) is 47.0 Å². The number of nitrogens with zero attached hydrogens (tertiary/aromatic N) is 1. The van der Waals surface area contributed by atoms with Crippen molar-refractivity contribution in [3.05, 3.63) is 52.7 Å². The molecule has 0 unspecified atom stereocenters. The maximum absolute atomic E-state index is 11.9. The number of aryl methyl sites for hydroxylation is 1. The molecule has 1 heterocycles. The average molecular weight is 437 g/mol. The topological polar surface area (TPSA) is 109 Å². The van der Waals surface area contributed by atoms with E-state index in [1.54, 1.807) is 20.0 Å². The van der Waals surface area contributed by atoms with Gasteiger partial charge in [-0.25, -0.2) is 14.6 Å². The second-order valence-corrected chi connectivity index (χ2v) is 5.59. The van der Waals surface area contributed by atoms with Gasteiger partial charge in [0.1, 0.15) is 0 Å². The van der Waals surface area contributed by atoms with E-state index in [4.69, 9.17) is 10.2 Å². The first-order valence-corrected chi connectivity index (χ1v) is 7.86. The maximum atomic E-state index is 11.9. The number of carboxylic acids is 2. The van der Waals surface area contributed by atoms with Crippen molar-refractivity contribution in [1.82, 2.24) is 4.98 Å². The highest BCUT2D eigenvalue weighted by molar-refractivity contribution is 5.96. The first-order chi connectivity index (χ1) is 13.0. The van der Waals surface area contributed by atoms with Crippen LogP contribution in [0.15, 0.2) is 30.5 Å². The minimum Gasteiger partial charge on any atom is -0.478 e. The summed E-state index contributed by atoms with van der Waals surface area (Å²) in [7, 11) is 1.70. The number of anilines is 1. The van der Waals surface area contributed by atoms with Crippen LogP contribution in [0.5, 0.6) is 5.88 Å². The van der Waals surface area contributed by atoms with Crippen molar-refractivity contribution >= 4 is 30.0 Å². The highest BCUT2D eigenvalue weighted by Crippen LogP contribution is 2.21. The summed E-state index contributed by atoms with van der Waals surface area (Å²) in [4.78, 5) is 25.0. The van der Waals surface area contributed by atoms with E-state index >= 15 is 0 Å². The molecule has 160 valence electrons. The quantitative estimate of drug-likeness (QED) is 0.644. The molecule has 3 N–H and O–H groups in total. The van der Waals surface area contributed by atoms with E-state index in [2.05, 4.69) is 15.0 Å². The summed E-state index contributed by atoms with van der Waals surface area (Å²) < 4.78 is 40.1. The van der Waals surface area contributed by atoms with E-state index in [9.17, 15) is 22.8 Å². The molecule has 0 atom stereocenters. The van der Waals surface area contributed by atoms with E-state index < -0.39 is 24.7 Å². The lowest BCUT2D eigenvalue weighted by molar-refractivity contribution is -0.154. The Balaban J connectivity index is 0.000000527. The lowest BCUT2D eigenvalue weighted by Gasteiger charge is -2.10. The molecule has 0 spiro atoms. The predicted molar refractivity (Wildman–Crippen MR) is 102 cm³/mol. The van der Waals surface area contributed by atoms with Crippen LogP contribution in [-0.2, 0) is 0 Å². The van der Waals surface area contributed by atoms with Crippen LogP contribution in [0.1, 0.15) is 31.8 Å². The number of aromatic carboxylic acids is 2. The standard InChI is InChI=1S/C9H11F3N2O.C9H8O4.ClH/c1-6-3-7(13-2)4-14-8(6)15-5-9(10,11)12;1-5-6(8(10)11)3-2-4-7(5)9(12)13;/h3-4,13H,5H2,1-2H3;2-4H,1H3,(H,10,11)(H,12,13);1H. The van der Waals surface area contributed by atoms with E-state index in [0.717, 1.165) is 5.69 Å². The molecule has 0 saturated carbocycles. The molecule has 2 aromatic rings.